The van der Waals surface area contributed by atoms with Crippen LogP contribution in [0, 0.1) is 5.82 Å². The molecule has 1 aliphatic rings. The quantitative estimate of drug-likeness (QED) is 0.271. The van der Waals surface area contributed by atoms with Crippen LogP contribution < -0.4 is 11.1 Å². The van der Waals surface area contributed by atoms with Gasteiger partial charge in [-0.25, -0.2) is 19.3 Å². The van der Waals surface area contributed by atoms with Crippen LogP contribution in [0.25, 0.3) is 16.8 Å². The molecule has 1 saturated heterocycles. The Bertz CT molecular complexity index is 1630. The predicted molar refractivity (Wildman–Crippen MR) is 158 cm³/mol. The molecule has 11 heteroatoms. The van der Waals surface area contributed by atoms with Gasteiger partial charge in [-0.3, -0.25) is 14.0 Å². The molecule has 0 aliphatic carbocycles. The van der Waals surface area contributed by atoms with E-state index in [2.05, 4.69) is 22.2 Å². The zero-order chi connectivity index (χ0) is 29.6. The van der Waals surface area contributed by atoms with Gasteiger partial charge in [0, 0.05) is 43.9 Å². The first-order chi connectivity index (χ1) is 20.4. The van der Waals surface area contributed by atoms with Gasteiger partial charge in [0.2, 0.25) is 5.91 Å². The maximum absolute atomic E-state index is 15.4. The Morgan fingerprint density at radius 3 is 2.83 bits per heavy atom. The molecule has 0 unspecified atom stereocenters. The first-order valence-electron chi connectivity index (χ1n) is 14.1. The van der Waals surface area contributed by atoms with Gasteiger partial charge in [0.25, 0.3) is 5.91 Å². The number of nitrogens with one attached hydrogen (secondary N) is 1. The summed E-state index contributed by atoms with van der Waals surface area (Å²) in [5, 5.41) is 2.69. The lowest BCUT2D eigenvalue weighted by Gasteiger charge is -2.34. The van der Waals surface area contributed by atoms with E-state index in [0.717, 1.165) is 31.2 Å². The van der Waals surface area contributed by atoms with Crippen molar-refractivity contribution < 1.29 is 18.7 Å². The number of anilines is 2. The Balaban J connectivity index is 1.48. The molecule has 218 valence electrons. The molecule has 2 amide bonds. The van der Waals surface area contributed by atoms with Crippen molar-refractivity contribution in [3.63, 3.8) is 0 Å². The van der Waals surface area contributed by atoms with Gasteiger partial charge in [-0.15, -0.1) is 0 Å². The van der Waals surface area contributed by atoms with Gasteiger partial charge in [-0.05, 0) is 55.5 Å². The minimum atomic E-state index is -0.711. The number of aromatic nitrogens is 4. The fourth-order valence-electron chi connectivity index (χ4n) is 5.35. The van der Waals surface area contributed by atoms with Gasteiger partial charge in [-0.1, -0.05) is 25.5 Å². The molecule has 3 aromatic heterocycles. The van der Waals surface area contributed by atoms with E-state index in [1.807, 2.05) is 10.5 Å². The maximum atomic E-state index is 15.4. The summed E-state index contributed by atoms with van der Waals surface area (Å²) in [5.74, 6) is -0.245. The minimum absolute atomic E-state index is 0.122. The fraction of sp³-hybridized carbons (Fsp3) is 0.323. The molecule has 1 aliphatic heterocycles. The van der Waals surface area contributed by atoms with Crippen molar-refractivity contribution in [1.29, 1.82) is 0 Å². The van der Waals surface area contributed by atoms with Crippen LogP contribution in [-0.2, 0) is 16.0 Å². The average Bonchev–Trinajstić information content (AvgIpc) is 3.38. The van der Waals surface area contributed by atoms with Crippen LogP contribution in [0.15, 0.2) is 61.1 Å². The molecule has 1 atom stereocenters. The summed E-state index contributed by atoms with van der Waals surface area (Å²) >= 11 is 0. The van der Waals surface area contributed by atoms with E-state index in [1.165, 1.54) is 18.2 Å². The Morgan fingerprint density at radius 2 is 2.05 bits per heavy atom. The molecule has 4 heterocycles. The van der Waals surface area contributed by atoms with E-state index in [4.69, 9.17) is 15.5 Å². The number of nitrogens with zero attached hydrogens (tertiary/aromatic N) is 5. The number of ether oxygens (including phenoxy) is 1. The molecule has 42 heavy (non-hydrogen) atoms. The van der Waals surface area contributed by atoms with Gasteiger partial charge in [0.05, 0.1) is 18.2 Å². The Hall–Kier alpha value is -4.64. The number of hydrogen-bond donors (Lipinski definition) is 2. The summed E-state index contributed by atoms with van der Waals surface area (Å²) < 4.78 is 22.3. The molecular formula is C31H34FN7O3. The number of methoxy groups -OCH3 is 1. The summed E-state index contributed by atoms with van der Waals surface area (Å²) in [6, 6.07) is 7.69. The molecule has 4 aromatic rings. The summed E-state index contributed by atoms with van der Waals surface area (Å²) in [6.07, 6.45) is 12.5. The highest BCUT2D eigenvalue weighted by Crippen LogP contribution is 2.36. The lowest BCUT2D eigenvalue weighted by molar-refractivity contribution is -0.130. The summed E-state index contributed by atoms with van der Waals surface area (Å²) in [5.41, 5.74) is 8.58. The number of nitrogens with two attached hydrogens (primary N) is 1. The topological polar surface area (TPSA) is 128 Å². The van der Waals surface area contributed by atoms with Crippen molar-refractivity contribution in [2.24, 2.45) is 0 Å². The largest absolute Gasteiger partial charge is 0.382 e. The number of piperidine rings is 1. The number of pyridine rings is 1. The normalized spacial score (nSPS) is 15.4. The van der Waals surface area contributed by atoms with Crippen molar-refractivity contribution in [1.82, 2.24) is 24.3 Å². The number of rotatable bonds is 9. The van der Waals surface area contributed by atoms with Gasteiger partial charge >= 0.3 is 0 Å². The number of fused-ring (bicyclic) bond motifs is 1. The minimum Gasteiger partial charge on any atom is -0.382 e. The standard InChI is InChI=1S/C31H34FN7O3/c1-3-7-20-12-13-34-25(18-20)36-31(41)22-11-10-21(19-23(22)32)27-28-29(33)35-14-16-39(28)30(37-27)24-8-4-5-15-38(24)26(40)9-6-17-42-2/h6,9-14,16,18-19,24H,3-5,7-8,15,17H2,1-2H3,(H2,33,35)(H,34,36,41)/t24-/m0/s1. The van der Waals surface area contributed by atoms with E-state index >= 15 is 4.39 Å². The van der Waals surface area contributed by atoms with E-state index in [-0.39, 0.29) is 23.3 Å². The van der Waals surface area contributed by atoms with Gasteiger partial charge in [0.1, 0.15) is 34.5 Å². The summed E-state index contributed by atoms with van der Waals surface area (Å²) in [6.45, 7) is 2.99. The van der Waals surface area contributed by atoms with E-state index in [9.17, 15) is 9.59 Å². The Labute approximate surface area is 243 Å². The number of aryl methyl sites for hydroxylation is 1. The van der Waals surface area contributed by atoms with Crippen LogP contribution in [0.5, 0.6) is 0 Å². The number of nitrogen functional groups attached to an aromatic ring is 1. The van der Waals surface area contributed by atoms with Gasteiger partial charge < -0.3 is 20.7 Å². The molecule has 1 fully saturated rings. The highest BCUT2D eigenvalue weighted by Gasteiger charge is 2.32. The predicted octanol–water partition coefficient (Wildman–Crippen LogP) is 4.97. The SMILES string of the molecule is CCCc1ccnc(NC(=O)c2ccc(-c3nc([C@@H]4CCCCN4C(=O)C=CCOC)n4ccnc(N)c34)cc2F)c1. The molecule has 0 spiro atoms. The highest BCUT2D eigenvalue weighted by atomic mass is 19.1. The van der Waals surface area contributed by atoms with Crippen LogP contribution in [0.3, 0.4) is 0 Å². The second-order valence-electron chi connectivity index (χ2n) is 10.2. The molecule has 3 N–H and O–H groups in total. The third-order valence-corrected chi connectivity index (χ3v) is 7.31. The summed E-state index contributed by atoms with van der Waals surface area (Å²) in [4.78, 5) is 41.1. The fourth-order valence-corrected chi connectivity index (χ4v) is 5.35. The van der Waals surface area contributed by atoms with Crippen molar-refractivity contribution in [2.45, 2.75) is 45.1 Å². The van der Waals surface area contributed by atoms with E-state index in [1.54, 1.807) is 48.8 Å². The monoisotopic (exact) mass is 571 g/mol. The van der Waals surface area contributed by atoms with Crippen molar-refractivity contribution in [2.75, 3.05) is 31.3 Å². The Kier molecular flexibility index (Phi) is 8.87. The zero-order valence-corrected chi connectivity index (χ0v) is 23.7. The summed E-state index contributed by atoms with van der Waals surface area (Å²) in [7, 11) is 1.57. The van der Waals surface area contributed by atoms with Crippen LogP contribution in [0.4, 0.5) is 16.0 Å². The number of likely N-dealkylation sites (tertiary alicyclic amines) is 1. The lowest BCUT2D eigenvalue weighted by Crippen LogP contribution is -2.38. The van der Waals surface area contributed by atoms with Crippen molar-refractivity contribution >= 4 is 29.0 Å². The number of imidazole rings is 1. The van der Waals surface area contributed by atoms with Gasteiger partial charge in [0.15, 0.2) is 0 Å². The first kappa shape index (κ1) is 28.9. The molecular weight excluding hydrogens is 537 g/mol. The number of hydrogen-bond acceptors (Lipinski definition) is 7. The van der Waals surface area contributed by atoms with E-state index in [0.29, 0.717) is 48.0 Å². The molecule has 1 aromatic carbocycles. The number of benzene rings is 1. The third kappa shape index (κ3) is 6.01. The molecule has 0 bridgehead atoms. The highest BCUT2D eigenvalue weighted by molar-refractivity contribution is 6.04. The van der Waals surface area contributed by atoms with Gasteiger partial charge in [-0.2, -0.15) is 0 Å². The number of amides is 2. The smallest absolute Gasteiger partial charge is 0.259 e. The Morgan fingerprint density at radius 1 is 1.19 bits per heavy atom. The molecule has 0 radical (unpaired) electrons. The van der Waals surface area contributed by atoms with E-state index < -0.39 is 11.7 Å². The van der Waals surface area contributed by atoms with Crippen molar-refractivity contribution in [3.8, 4) is 11.3 Å². The van der Waals surface area contributed by atoms with Crippen LogP contribution in [0.1, 0.15) is 60.4 Å². The molecule has 10 nitrogen and oxygen atoms in total. The average molecular weight is 572 g/mol. The maximum Gasteiger partial charge on any atom is 0.259 e. The second-order valence-corrected chi connectivity index (χ2v) is 10.2. The van der Waals surface area contributed by atoms with Crippen LogP contribution in [0.2, 0.25) is 0 Å². The zero-order valence-electron chi connectivity index (χ0n) is 23.7. The molecule has 5 rings (SSSR count). The van der Waals surface area contributed by atoms with Crippen LogP contribution >= 0.6 is 0 Å². The second kappa shape index (κ2) is 12.9. The first-order valence-corrected chi connectivity index (χ1v) is 14.1. The molecule has 0 saturated carbocycles. The van der Waals surface area contributed by atoms with Crippen molar-refractivity contribution in [3.05, 3.63) is 83.8 Å². The number of carbonyl (C=O) groups is 2. The van der Waals surface area contributed by atoms with Crippen LogP contribution in [-0.4, -0.2) is 56.3 Å². The lowest BCUT2D eigenvalue weighted by atomic mass is 10.0. The number of carbonyl (C=O) groups excluding carboxylic acids is 2. The third-order valence-electron chi connectivity index (χ3n) is 7.31. The number of halogens is 1.